The molecule has 1 N–H and O–H groups in total. The molecule has 0 radical (unpaired) electrons. The van der Waals surface area contributed by atoms with E-state index in [1.54, 1.807) is 11.8 Å². The number of nitrogens with zero attached hydrogens (tertiary/aromatic N) is 4. The zero-order valence-electron chi connectivity index (χ0n) is 7.92. The van der Waals surface area contributed by atoms with Gasteiger partial charge in [0.2, 0.25) is 0 Å². The van der Waals surface area contributed by atoms with Crippen molar-refractivity contribution in [1.29, 1.82) is 0 Å². The first-order valence-corrected chi connectivity index (χ1v) is 5.47. The molecule has 0 aliphatic carbocycles. The third kappa shape index (κ3) is 2.43. The van der Waals surface area contributed by atoms with E-state index >= 15 is 0 Å². The number of fused-ring (bicyclic) bond motifs is 1. The molecular weight excluding hydrogens is 210 g/mol. The molecule has 2 aromatic rings. The van der Waals surface area contributed by atoms with Crippen LogP contribution in [0.2, 0.25) is 0 Å². The van der Waals surface area contributed by atoms with Crippen LogP contribution in [0.25, 0.3) is 21.5 Å². The lowest BCUT2D eigenvalue weighted by Crippen LogP contribution is -1.84. The molecule has 0 amide bonds. The van der Waals surface area contributed by atoms with Gasteiger partial charge in [0.1, 0.15) is 0 Å². The molecule has 1 aromatic carbocycles. The Labute approximate surface area is 90.5 Å². The molecule has 76 valence electrons. The normalized spacial score (nSPS) is 10.1. The van der Waals surface area contributed by atoms with E-state index < -0.39 is 0 Å². The topological polar surface area (TPSA) is 77.4 Å². The second-order valence-electron chi connectivity index (χ2n) is 2.86. The van der Waals surface area contributed by atoms with Gasteiger partial charge in [0.25, 0.3) is 0 Å². The lowest BCUT2D eigenvalue weighted by molar-refractivity contribution is 1.06. The van der Waals surface area contributed by atoms with Crippen LogP contribution in [0.3, 0.4) is 0 Å². The van der Waals surface area contributed by atoms with Gasteiger partial charge >= 0.3 is 0 Å². The first-order valence-electron chi connectivity index (χ1n) is 4.48. The minimum atomic E-state index is 0.484. The second-order valence-corrected chi connectivity index (χ2v) is 3.95. The average Bonchev–Trinajstić information content (AvgIpc) is 2.67. The number of benzene rings is 1. The van der Waals surface area contributed by atoms with Crippen molar-refractivity contribution in [2.75, 3.05) is 12.3 Å². The summed E-state index contributed by atoms with van der Waals surface area (Å²) in [5.41, 5.74) is 10.1. The minimum Gasteiger partial charge on any atom is -0.333 e. The predicted octanol–water partition coefficient (Wildman–Crippen LogP) is 2.97. The van der Waals surface area contributed by atoms with Crippen LogP contribution in [0, 0.1) is 0 Å². The summed E-state index contributed by atoms with van der Waals surface area (Å²) >= 11 is 1.55. The van der Waals surface area contributed by atoms with Gasteiger partial charge in [-0.05, 0) is 17.7 Å². The Balaban J connectivity index is 2.05. The number of hydrogen-bond donors (Lipinski definition) is 1. The van der Waals surface area contributed by atoms with E-state index in [1.165, 1.54) is 0 Å². The smallest absolute Gasteiger partial charge is 0.166 e. The summed E-state index contributed by atoms with van der Waals surface area (Å²) in [5, 5.41) is 4.32. The fourth-order valence-electron chi connectivity index (χ4n) is 1.23. The maximum Gasteiger partial charge on any atom is 0.166 e. The Kier molecular flexibility index (Phi) is 3.11. The first kappa shape index (κ1) is 9.89. The molecule has 15 heavy (non-hydrogen) atoms. The van der Waals surface area contributed by atoms with Crippen LogP contribution in [0.4, 0.5) is 0 Å². The van der Waals surface area contributed by atoms with Gasteiger partial charge in [0, 0.05) is 17.2 Å². The van der Waals surface area contributed by atoms with Crippen molar-refractivity contribution < 1.29 is 0 Å². The molecule has 5 nitrogen and oxygen atoms in total. The Morgan fingerprint density at radius 1 is 1.47 bits per heavy atom. The van der Waals surface area contributed by atoms with E-state index in [4.69, 9.17) is 5.53 Å². The summed E-state index contributed by atoms with van der Waals surface area (Å²) < 4.78 is 0. The van der Waals surface area contributed by atoms with Crippen LogP contribution in [-0.4, -0.2) is 22.3 Å². The van der Waals surface area contributed by atoms with Crippen molar-refractivity contribution in [2.24, 2.45) is 5.11 Å². The van der Waals surface area contributed by atoms with Crippen molar-refractivity contribution in [1.82, 2.24) is 9.97 Å². The maximum absolute atomic E-state index is 8.10. The number of aromatic nitrogens is 2. The Morgan fingerprint density at radius 3 is 3.13 bits per heavy atom. The number of thioether (sulfide) groups is 1. The van der Waals surface area contributed by atoms with Crippen molar-refractivity contribution in [3.63, 3.8) is 0 Å². The van der Waals surface area contributed by atoms with Crippen molar-refractivity contribution >= 4 is 22.8 Å². The minimum absolute atomic E-state index is 0.484. The molecule has 1 heterocycles. The van der Waals surface area contributed by atoms with Gasteiger partial charge in [-0.3, -0.25) is 0 Å². The van der Waals surface area contributed by atoms with E-state index in [2.05, 4.69) is 20.0 Å². The summed E-state index contributed by atoms with van der Waals surface area (Å²) in [5.74, 6) is 0.740. The van der Waals surface area contributed by atoms with E-state index in [-0.39, 0.29) is 0 Å². The number of rotatable bonds is 4. The molecule has 0 saturated heterocycles. The summed E-state index contributed by atoms with van der Waals surface area (Å²) in [6, 6.07) is 7.87. The molecule has 0 bridgehead atoms. The van der Waals surface area contributed by atoms with Gasteiger partial charge in [-0.2, -0.15) is 0 Å². The molecule has 0 fully saturated rings. The highest BCUT2D eigenvalue weighted by Gasteiger charge is 2.00. The summed E-state index contributed by atoms with van der Waals surface area (Å²) in [4.78, 5) is 10.3. The van der Waals surface area contributed by atoms with Crippen LogP contribution in [0.5, 0.6) is 0 Å². The fraction of sp³-hybridized carbons (Fsp3) is 0.222. The van der Waals surface area contributed by atoms with E-state index in [0.29, 0.717) is 6.54 Å². The summed E-state index contributed by atoms with van der Waals surface area (Å²) in [6.45, 7) is 0.484. The average molecular weight is 219 g/mol. The molecule has 0 saturated carbocycles. The highest BCUT2D eigenvalue weighted by Crippen LogP contribution is 2.18. The third-order valence-electron chi connectivity index (χ3n) is 1.86. The number of nitrogens with one attached hydrogen (secondary N) is 1. The molecular formula is C9H9N5S. The quantitative estimate of drug-likeness (QED) is 0.282. The molecule has 0 unspecified atom stereocenters. The van der Waals surface area contributed by atoms with Crippen molar-refractivity contribution in [3.8, 4) is 0 Å². The zero-order chi connectivity index (χ0) is 10.5. The highest BCUT2D eigenvalue weighted by molar-refractivity contribution is 7.99. The van der Waals surface area contributed by atoms with Gasteiger partial charge in [-0.1, -0.05) is 29.0 Å². The van der Waals surface area contributed by atoms with E-state index in [1.807, 2.05) is 24.3 Å². The Morgan fingerprint density at radius 2 is 2.33 bits per heavy atom. The monoisotopic (exact) mass is 219 g/mol. The molecule has 2 rings (SSSR count). The van der Waals surface area contributed by atoms with Gasteiger partial charge in [0.05, 0.1) is 11.0 Å². The molecule has 0 aliphatic heterocycles. The number of H-pyrrole nitrogens is 1. The number of azide groups is 1. The van der Waals surface area contributed by atoms with E-state index in [9.17, 15) is 0 Å². The summed E-state index contributed by atoms with van der Waals surface area (Å²) in [7, 11) is 0. The van der Waals surface area contributed by atoms with Crippen LogP contribution in [-0.2, 0) is 0 Å². The SMILES string of the molecule is [N-]=[N+]=NCCSc1nc2ccccc2[nH]1. The standard InChI is InChI=1S/C9H9N5S/c10-14-11-5-6-15-9-12-7-3-1-2-4-8(7)13-9/h1-4H,5-6H2,(H,12,13). The Hall–Kier alpha value is -1.65. The van der Waals surface area contributed by atoms with Gasteiger partial charge in [-0.25, -0.2) is 4.98 Å². The highest BCUT2D eigenvalue weighted by atomic mass is 32.2. The lowest BCUT2D eigenvalue weighted by atomic mass is 10.3. The van der Waals surface area contributed by atoms with E-state index in [0.717, 1.165) is 21.9 Å². The molecule has 0 atom stereocenters. The third-order valence-corrected chi connectivity index (χ3v) is 2.71. The van der Waals surface area contributed by atoms with Crippen molar-refractivity contribution in [3.05, 3.63) is 34.7 Å². The number of aromatic amines is 1. The first-order chi connectivity index (χ1) is 7.40. The fourth-order valence-corrected chi connectivity index (χ4v) is 1.94. The van der Waals surface area contributed by atoms with Crippen LogP contribution < -0.4 is 0 Å². The lowest BCUT2D eigenvalue weighted by Gasteiger charge is -1.90. The molecule has 0 spiro atoms. The second kappa shape index (κ2) is 4.72. The van der Waals surface area contributed by atoms with Crippen LogP contribution in [0.1, 0.15) is 0 Å². The molecule has 0 aliphatic rings. The van der Waals surface area contributed by atoms with Crippen molar-refractivity contribution in [2.45, 2.75) is 5.16 Å². The number of para-hydroxylation sites is 2. The maximum atomic E-state index is 8.10. The summed E-state index contributed by atoms with van der Waals surface area (Å²) in [6.07, 6.45) is 0. The predicted molar refractivity (Wildman–Crippen MR) is 60.8 cm³/mol. The number of hydrogen-bond acceptors (Lipinski definition) is 3. The van der Waals surface area contributed by atoms with Crippen LogP contribution in [0.15, 0.2) is 34.5 Å². The molecule has 6 heteroatoms. The van der Waals surface area contributed by atoms with Crippen LogP contribution >= 0.6 is 11.8 Å². The van der Waals surface area contributed by atoms with Gasteiger partial charge < -0.3 is 4.98 Å². The number of imidazole rings is 1. The van der Waals surface area contributed by atoms with Gasteiger partial charge in [0.15, 0.2) is 5.16 Å². The Bertz CT molecular complexity index is 467. The zero-order valence-corrected chi connectivity index (χ0v) is 8.74. The molecule has 1 aromatic heterocycles. The van der Waals surface area contributed by atoms with Gasteiger partial charge in [-0.15, -0.1) is 0 Å². The largest absolute Gasteiger partial charge is 0.333 e.